The Morgan fingerprint density at radius 2 is 1.83 bits per heavy atom. The normalized spacial score (nSPS) is 10.4. The molecule has 0 fully saturated rings. The lowest BCUT2D eigenvalue weighted by Crippen LogP contribution is -2.24. The first-order chi connectivity index (χ1) is 11.1. The fourth-order valence-corrected chi connectivity index (χ4v) is 2.10. The van der Waals surface area contributed by atoms with E-state index in [0.29, 0.717) is 12.8 Å². The Bertz CT molecular complexity index is 701. The second-order valence-corrected chi connectivity index (χ2v) is 5.30. The number of hydrazone groups is 1. The molecule has 2 rings (SSSR count). The summed E-state index contributed by atoms with van der Waals surface area (Å²) in [6, 6.07) is 17.2. The zero-order chi connectivity index (χ0) is 16.5. The monoisotopic (exact) mass is 326 g/mol. The molecule has 0 bridgehead atoms. The summed E-state index contributed by atoms with van der Waals surface area (Å²) in [7, 11) is 0. The molecule has 1 amide bonds. The van der Waals surface area contributed by atoms with E-state index in [1.807, 2.05) is 54.6 Å². The van der Waals surface area contributed by atoms with Gasteiger partial charge in [0.25, 0.3) is 0 Å². The number of hydrogen-bond acceptors (Lipinski definition) is 3. The van der Waals surface area contributed by atoms with E-state index in [0.717, 1.165) is 16.8 Å². The van der Waals surface area contributed by atoms with Crippen LogP contribution in [0.1, 0.15) is 11.1 Å². The molecule has 23 heavy (non-hydrogen) atoms. The van der Waals surface area contributed by atoms with Crippen molar-refractivity contribution in [3.8, 4) is 0 Å². The zero-order valence-electron chi connectivity index (χ0n) is 12.5. The number of carbonyl (C=O) groups is 1. The summed E-state index contributed by atoms with van der Waals surface area (Å²) in [5.41, 5.74) is 10.5. The summed E-state index contributed by atoms with van der Waals surface area (Å²) < 4.78 is 0. The van der Waals surface area contributed by atoms with Crippen molar-refractivity contribution < 1.29 is 4.79 Å². The molecular formula is C17H18N4OS. The number of carbonyl (C=O) groups excluding carboxylic acids is 1. The predicted molar refractivity (Wildman–Crippen MR) is 97.3 cm³/mol. The Hall–Kier alpha value is -2.73. The Labute approximate surface area is 140 Å². The van der Waals surface area contributed by atoms with Gasteiger partial charge < -0.3 is 11.1 Å². The number of anilines is 1. The minimum absolute atomic E-state index is 0.0538. The maximum Gasteiger partial charge on any atom is 0.228 e. The lowest BCUT2D eigenvalue weighted by molar-refractivity contribution is -0.115. The van der Waals surface area contributed by atoms with Crippen molar-refractivity contribution in [2.75, 3.05) is 5.32 Å². The second-order valence-electron chi connectivity index (χ2n) is 4.86. The highest BCUT2D eigenvalue weighted by atomic mass is 32.1. The van der Waals surface area contributed by atoms with Gasteiger partial charge in [-0.05, 0) is 29.4 Å². The third-order valence-electron chi connectivity index (χ3n) is 3.08. The molecule has 4 N–H and O–H groups in total. The van der Waals surface area contributed by atoms with Gasteiger partial charge in [-0.15, -0.1) is 0 Å². The van der Waals surface area contributed by atoms with Crippen LogP contribution in [0, 0.1) is 0 Å². The van der Waals surface area contributed by atoms with E-state index >= 15 is 0 Å². The summed E-state index contributed by atoms with van der Waals surface area (Å²) in [4.78, 5) is 12.2. The number of benzene rings is 2. The molecule has 0 spiro atoms. The minimum atomic E-state index is -0.0538. The molecule has 0 aliphatic carbocycles. The number of hydrogen-bond donors (Lipinski definition) is 3. The van der Waals surface area contributed by atoms with Gasteiger partial charge in [-0.2, -0.15) is 5.10 Å². The van der Waals surface area contributed by atoms with Crippen molar-refractivity contribution in [2.45, 2.75) is 12.8 Å². The van der Waals surface area contributed by atoms with Crippen molar-refractivity contribution in [3.05, 3.63) is 65.7 Å². The molecule has 2 aromatic rings. The number of rotatable bonds is 6. The van der Waals surface area contributed by atoms with Gasteiger partial charge in [0.05, 0.1) is 6.42 Å². The van der Waals surface area contributed by atoms with Crippen molar-refractivity contribution >= 4 is 35.1 Å². The lowest BCUT2D eigenvalue weighted by Gasteiger charge is -2.09. The number of nitrogens with zero attached hydrogens (tertiary/aromatic N) is 1. The summed E-state index contributed by atoms with van der Waals surface area (Å²) in [6.07, 6.45) is 2.55. The topological polar surface area (TPSA) is 79.5 Å². The molecule has 0 atom stereocenters. The van der Waals surface area contributed by atoms with Crippen molar-refractivity contribution in [2.24, 2.45) is 10.8 Å². The molecule has 0 radical (unpaired) electrons. The molecule has 0 aromatic heterocycles. The van der Waals surface area contributed by atoms with Gasteiger partial charge in [-0.3, -0.25) is 10.2 Å². The molecule has 2 aromatic carbocycles. The van der Waals surface area contributed by atoms with Crippen molar-refractivity contribution in [1.82, 2.24) is 5.43 Å². The Morgan fingerprint density at radius 1 is 1.13 bits per heavy atom. The smallest absolute Gasteiger partial charge is 0.228 e. The predicted octanol–water partition coefficient (Wildman–Crippen LogP) is 2.23. The quantitative estimate of drug-likeness (QED) is 0.432. The minimum Gasteiger partial charge on any atom is -0.375 e. The molecule has 5 nitrogen and oxygen atoms in total. The van der Waals surface area contributed by atoms with Gasteiger partial charge >= 0.3 is 0 Å². The zero-order valence-corrected chi connectivity index (χ0v) is 13.3. The maximum atomic E-state index is 12.2. The van der Waals surface area contributed by atoms with Crippen LogP contribution in [0.15, 0.2) is 59.7 Å². The average molecular weight is 326 g/mol. The number of para-hydroxylation sites is 1. The molecule has 0 saturated heterocycles. The summed E-state index contributed by atoms with van der Waals surface area (Å²) in [5.74, 6) is -0.0538. The summed E-state index contributed by atoms with van der Waals surface area (Å²) in [6.45, 7) is 0. The highest BCUT2D eigenvalue weighted by Crippen LogP contribution is 2.15. The number of amides is 1. The molecule has 0 heterocycles. The van der Waals surface area contributed by atoms with Gasteiger partial charge in [0.15, 0.2) is 5.11 Å². The van der Waals surface area contributed by atoms with Crippen LogP contribution in [0.3, 0.4) is 0 Å². The largest absolute Gasteiger partial charge is 0.375 e. The third-order valence-corrected chi connectivity index (χ3v) is 3.17. The maximum absolute atomic E-state index is 12.2. The molecular weight excluding hydrogens is 308 g/mol. The fourth-order valence-electron chi connectivity index (χ4n) is 2.05. The van der Waals surface area contributed by atoms with Crippen LogP contribution in [-0.2, 0) is 17.6 Å². The summed E-state index contributed by atoms with van der Waals surface area (Å²) >= 11 is 4.67. The molecule has 0 aliphatic heterocycles. The average Bonchev–Trinajstić information content (AvgIpc) is 2.53. The Morgan fingerprint density at radius 3 is 2.57 bits per heavy atom. The van der Waals surface area contributed by atoms with Crippen LogP contribution in [0.4, 0.5) is 5.69 Å². The SMILES string of the molecule is NC(=S)N/N=C/Cc1ccccc1NC(=O)Cc1ccccc1. The highest BCUT2D eigenvalue weighted by Gasteiger charge is 2.06. The highest BCUT2D eigenvalue weighted by molar-refractivity contribution is 7.80. The Kier molecular flexibility index (Phi) is 6.26. The van der Waals surface area contributed by atoms with E-state index in [1.54, 1.807) is 6.21 Å². The van der Waals surface area contributed by atoms with Crippen LogP contribution in [0.5, 0.6) is 0 Å². The van der Waals surface area contributed by atoms with Gasteiger partial charge in [0.1, 0.15) is 0 Å². The van der Waals surface area contributed by atoms with Gasteiger partial charge in [0, 0.05) is 18.3 Å². The number of nitrogens with two attached hydrogens (primary N) is 1. The molecule has 118 valence electrons. The van der Waals surface area contributed by atoms with Crippen LogP contribution < -0.4 is 16.5 Å². The Balaban J connectivity index is 1.98. The molecule has 0 aliphatic rings. The first-order valence-electron chi connectivity index (χ1n) is 7.14. The lowest BCUT2D eigenvalue weighted by atomic mass is 10.1. The van der Waals surface area contributed by atoms with Gasteiger partial charge in [-0.1, -0.05) is 48.5 Å². The number of thiocarbonyl (C=S) groups is 1. The van der Waals surface area contributed by atoms with Crippen LogP contribution in [0.2, 0.25) is 0 Å². The fraction of sp³-hybridized carbons (Fsp3) is 0.118. The summed E-state index contributed by atoms with van der Waals surface area (Å²) in [5, 5.41) is 6.95. The van der Waals surface area contributed by atoms with Gasteiger partial charge in [0.2, 0.25) is 5.91 Å². The van der Waals surface area contributed by atoms with E-state index in [9.17, 15) is 4.79 Å². The van der Waals surface area contributed by atoms with Crippen LogP contribution in [-0.4, -0.2) is 17.2 Å². The van der Waals surface area contributed by atoms with E-state index in [2.05, 4.69) is 28.1 Å². The van der Waals surface area contributed by atoms with E-state index in [4.69, 9.17) is 5.73 Å². The van der Waals surface area contributed by atoms with E-state index in [-0.39, 0.29) is 11.0 Å². The number of nitrogens with one attached hydrogen (secondary N) is 2. The molecule has 6 heteroatoms. The second kappa shape index (κ2) is 8.65. The first kappa shape index (κ1) is 16.6. The molecule has 0 unspecified atom stereocenters. The standard InChI is InChI=1S/C17H18N4OS/c18-17(23)21-19-11-10-14-8-4-5-9-15(14)20-16(22)12-13-6-2-1-3-7-13/h1-9,11H,10,12H2,(H,20,22)(H3,18,21,23)/b19-11+. The van der Waals surface area contributed by atoms with Crippen molar-refractivity contribution in [1.29, 1.82) is 0 Å². The van der Waals surface area contributed by atoms with Crippen LogP contribution in [0.25, 0.3) is 0 Å². The van der Waals surface area contributed by atoms with Crippen molar-refractivity contribution in [3.63, 3.8) is 0 Å². The van der Waals surface area contributed by atoms with Gasteiger partial charge in [-0.25, -0.2) is 0 Å². The first-order valence-corrected chi connectivity index (χ1v) is 7.54. The molecule has 0 saturated carbocycles. The van der Waals surface area contributed by atoms with Crippen LogP contribution >= 0.6 is 12.2 Å². The van der Waals surface area contributed by atoms with E-state index < -0.39 is 0 Å². The third kappa shape index (κ3) is 5.88. The van der Waals surface area contributed by atoms with E-state index in [1.165, 1.54) is 0 Å².